The van der Waals surface area contributed by atoms with Crippen molar-refractivity contribution in [3.05, 3.63) is 95.1 Å². The molecule has 0 unspecified atom stereocenters. The van der Waals surface area contributed by atoms with Gasteiger partial charge >= 0.3 is 6.03 Å². The smallest absolute Gasteiger partial charge is 0.315 e. The van der Waals surface area contributed by atoms with Crippen molar-refractivity contribution < 1.29 is 19.4 Å². The summed E-state index contributed by atoms with van der Waals surface area (Å²) in [4.78, 5) is 14.3. The SMILES string of the molecule is CCNC(=O)NCc1cccc(-c2ccc([C@@H]3O[C@H](CN4CCCCC4)[C@H](C)[C@H](c4ccc(CO)cc4)O3)cc2)c1. The summed E-state index contributed by atoms with van der Waals surface area (Å²) in [6.45, 7) is 8.39. The third kappa shape index (κ3) is 7.54. The number of likely N-dealkylation sites (tertiary alicyclic amines) is 1. The zero-order chi connectivity index (χ0) is 28.6. The molecule has 218 valence electrons. The second kappa shape index (κ2) is 14.1. The second-order valence-corrected chi connectivity index (χ2v) is 11.2. The Morgan fingerprint density at radius 2 is 1.61 bits per heavy atom. The molecule has 3 aromatic rings. The van der Waals surface area contributed by atoms with E-state index in [0.717, 1.165) is 53.0 Å². The molecule has 2 aliphatic heterocycles. The van der Waals surface area contributed by atoms with Gasteiger partial charge in [-0.05, 0) is 66.7 Å². The standard InChI is InChI=1S/C34H43N3O4/c1-3-35-34(39)36-21-26-8-7-9-30(20-26)27-14-16-29(17-15-27)33-40-31(22-37-18-5-4-6-19-37)24(2)32(41-33)28-12-10-25(23-38)11-13-28/h7-17,20,24,31-33,38H,3-6,18-19,21-23H2,1-2H3,(H2,35,36,39)/t24-,31+,32+,33+/m0/s1. The zero-order valence-electron chi connectivity index (χ0n) is 24.2. The number of benzene rings is 3. The lowest BCUT2D eigenvalue weighted by atomic mass is 9.89. The van der Waals surface area contributed by atoms with Crippen molar-refractivity contribution in [3.63, 3.8) is 0 Å². The van der Waals surface area contributed by atoms with E-state index in [-0.39, 0.29) is 30.8 Å². The van der Waals surface area contributed by atoms with Gasteiger partial charge < -0.3 is 30.1 Å². The first-order valence-corrected chi connectivity index (χ1v) is 15.0. The van der Waals surface area contributed by atoms with Gasteiger partial charge in [0.2, 0.25) is 0 Å². The maximum absolute atomic E-state index is 11.8. The number of aliphatic hydroxyl groups excluding tert-OH is 1. The third-order valence-electron chi connectivity index (χ3n) is 8.24. The molecule has 2 heterocycles. The van der Waals surface area contributed by atoms with E-state index in [4.69, 9.17) is 9.47 Å². The van der Waals surface area contributed by atoms with Crippen LogP contribution in [0.1, 0.15) is 67.8 Å². The van der Waals surface area contributed by atoms with Crippen molar-refractivity contribution in [1.82, 2.24) is 15.5 Å². The molecule has 0 aromatic heterocycles. The molecule has 7 heteroatoms. The summed E-state index contributed by atoms with van der Waals surface area (Å²) in [7, 11) is 0. The number of hydrogen-bond donors (Lipinski definition) is 3. The van der Waals surface area contributed by atoms with Crippen LogP contribution in [0.15, 0.2) is 72.8 Å². The van der Waals surface area contributed by atoms with Crippen molar-refractivity contribution in [2.45, 2.75) is 64.8 Å². The summed E-state index contributed by atoms with van der Waals surface area (Å²) in [6, 6.07) is 24.6. The van der Waals surface area contributed by atoms with E-state index in [1.54, 1.807) is 0 Å². The molecule has 2 fully saturated rings. The largest absolute Gasteiger partial charge is 0.392 e. The lowest BCUT2D eigenvalue weighted by Gasteiger charge is -2.43. The number of nitrogens with zero attached hydrogens (tertiary/aromatic N) is 1. The van der Waals surface area contributed by atoms with Crippen molar-refractivity contribution in [1.29, 1.82) is 0 Å². The molecule has 3 aromatic carbocycles. The first-order valence-electron chi connectivity index (χ1n) is 15.0. The maximum Gasteiger partial charge on any atom is 0.315 e. The molecule has 2 aliphatic rings. The molecular formula is C34H43N3O4. The number of ether oxygens (including phenoxy) is 2. The van der Waals surface area contributed by atoms with Crippen molar-refractivity contribution in [3.8, 4) is 11.1 Å². The Labute approximate surface area is 243 Å². The number of rotatable bonds is 9. The third-order valence-corrected chi connectivity index (χ3v) is 8.24. The molecule has 41 heavy (non-hydrogen) atoms. The van der Waals surface area contributed by atoms with Crippen LogP contribution in [0.4, 0.5) is 4.79 Å². The number of urea groups is 1. The lowest BCUT2D eigenvalue weighted by molar-refractivity contribution is -0.276. The fourth-order valence-corrected chi connectivity index (χ4v) is 5.82. The minimum atomic E-state index is -0.467. The average Bonchev–Trinajstić information content (AvgIpc) is 3.02. The fraction of sp³-hybridized carbons (Fsp3) is 0.441. The fourth-order valence-electron chi connectivity index (χ4n) is 5.82. The monoisotopic (exact) mass is 557 g/mol. The molecule has 0 bridgehead atoms. The van der Waals surface area contributed by atoms with E-state index in [0.29, 0.717) is 13.1 Å². The van der Waals surface area contributed by atoms with E-state index in [9.17, 15) is 9.90 Å². The van der Waals surface area contributed by atoms with Crippen LogP contribution in [0.2, 0.25) is 0 Å². The highest BCUT2D eigenvalue weighted by molar-refractivity contribution is 5.73. The first-order chi connectivity index (χ1) is 20.0. The Balaban J connectivity index is 1.33. The summed E-state index contributed by atoms with van der Waals surface area (Å²) in [6.07, 6.45) is 3.27. The van der Waals surface area contributed by atoms with Gasteiger partial charge in [-0.3, -0.25) is 0 Å². The van der Waals surface area contributed by atoms with Crippen LogP contribution in [0.5, 0.6) is 0 Å². The van der Waals surface area contributed by atoms with Crippen LogP contribution < -0.4 is 10.6 Å². The Hall–Kier alpha value is -3.23. The van der Waals surface area contributed by atoms with Gasteiger partial charge in [-0.15, -0.1) is 0 Å². The predicted molar refractivity (Wildman–Crippen MR) is 161 cm³/mol. The number of amides is 2. The molecule has 7 nitrogen and oxygen atoms in total. The Bertz CT molecular complexity index is 1260. The molecule has 2 amide bonds. The average molecular weight is 558 g/mol. The summed E-state index contributed by atoms with van der Waals surface area (Å²) in [5, 5.41) is 15.2. The molecule has 0 saturated carbocycles. The van der Waals surface area contributed by atoms with Crippen LogP contribution in [-0.2, 0) is 22.6 Å². The highest BCUT2D eigenvalue weighted by Crippen LogP contribution is 2.42. The number of aliphatic hydroxyl groups is 1. The molecule has 4 atom stereocenters. The van der Waals surface area contributed by atoms with Crippen molar-refractivity contribution in [2.75, 3.05) is 26.2 Å². The van der Waals surface area contributed by atoms with Gasteiger partial charge in [0.05, 0.1) is 18.8 Å². The molecule has 5 rings (SSSR count). The summed E-state index contributed by atoms with van der Waals surface area (Å²) >= 11 is 0. The van der Waals surface area contributed by atoms with Gasteiger partial charge in [0.25, 0.3) is 0 Å². The van der Waals surface area contributed by atoms with E-state index >= 15 is 0 Å². The molecule has 0 radical (unpaired) electrons. The zero-order valence-corrected chi connectivity index (χ0v) is 24.2. The van der Waals surface area contributed by atoms with Gasteiger partial charge in [-0.1, -0.05) is 80.1 Å². The van der Waals surface area contributed by atoms with E-state index in [1.165, 1.54) is 19.3 Å². The van der Waals surface area contributed by atoms with Crippen molar-refractivity contribution in [2.24, 2.45) is 5.92 Å². The number of carbonyl (C=O) groups is 1. The number of nitrogens with one attached hydrogen (secondary N) is 2. The quantitative estimate of drug-likeness (QED) is 0.303. The Kier molecular flexibility index (Phi) is 10.1. The Morgan fingerprint density at radius 1 is 0.878 bits per heavy atom. The molecule has 0 spiro atoms. The summed E-state index contributed by atoms with van der Waals surface area (Å²) < 4.78 is 13.3. The number of hydrogen-bond acceptors (Lipinski definition) is 5. The van der Waals surface area contributed by atoms with Gasteiger partial charge in [0.15, 0.2) is 6.29 Å². The molecule has 2 saturated heterocycles. The van der Waals surface area contributed by atoms with Crippen LogP contribution in [-0.4, -0.2) is 48.3 Å². The van der Waals surface area contributed by atoms with Crippen molar-refractivity contribution >= 4 is 6.03 Å². The minimum Gasteiger partial charge on any atom is -0.392 e. The maximum atomic E-state index is 11.8. The highest BCUT2D eigenvalue weighted by atomic mass is 16.7. The second-order valence-electron chi connectivity index (χ2n) is 11.2. The van der Waals surface area contributed by atoms with E-state index in [1.807, 2.05) is 31.2 Å². The molecule has 3 N–H and O–H groups in total. The first kappa shape index (κ1) is 29.3. The summed E-state index contributed by atoms with van der Waals surface area (Å²) in [5.74, 6) is 0.184. The molecular weight excluding hydrogens is 514 g/mol. The van der Waals surface area contributed by atoms with Crippen LogP contribution >= 0.6 is 0 Å². The topological polar surface area (TPSA) is 83.1 Å². The van der Waals surface area contributed by atoms with Crippen LogP contribution in [0.25, 0.3) is 11.1 Å². The number of piperidine rings is 1. The van der Waals surface area contributed by atoms with E-state index in [2.05, 4.69) is 71.0 Å². The van der Waals surface area contributed by atoms with Gasteiger partial charge in [0.1, 0.15) is 0 Å². The van der Waals surface area contributed by atoms with Crippen LogP contribution in [0, 0.1) is 5.92 Å². The number of carbonyl (C=O) groups excluding carboxylic acids is 1. The summed E-state index contributed by atoms with van der Waals surface area (Å²) in [5.41, 5.74) is 6.24. The van der Waals surface area contributed by atoms with Gasteiger partial charge in [0, 0.05) is 31.1 Å². The Morgan fingerprint density at radius 3 is 2.32 bits per heavy atom. The lowest BCUT2D eigenvalue weighted by Crippen LogP contribution is -2.45. The normalized spacial score (nSPS) is 23.2. The van der Waals surface area contributed by atoms with Gasteiger partial charge in [-0.25, -0.2) is 4.79 Å². The van der Waals surface area contributed by atoms with E-state index < -0.39 is 6.29 Å². The molecule has 0 aliphatic carbocycles. The minimum absolute atomic E-state index is 0.0324. The van der Waals surface area contributed by atoms with Crippen LogP contribution in [0.3, 0.4) is 0 Å². The predicted octanol–water partition coefficient (Wildman–Crippen LogP) is 5.94. The highest BCUT2D eigenvalue weighted by Gasteiger charge is 2.39. The van der Waals surface area contributed by atoms with Gasteiger partial charge in [-0.2, -0.15) is 0 Å².